The average molecular weight is 432 g/mol. The fourth-order valence-corrected chi connectivity index (χ4v) is 2.47. The van der Waals surface area contributed by atoms with Gasteiger partial charge in [-0.3, -0.25) is 9.78 Å². The average Bonchev–Trinajstić information content (AvgIpc) is 2.66. The number of nitrogens with zero attached hydrogens (tertiary/aromatic N) is 5. The minimum absolute atomic E-state index is 0.0132. The van der Waals surface area contributed by atoms with Crippen LogP contribution in [0.5, 0.6) is 0 Å². The Balaban J connectivity index is 1.99. The summed E-state index contributed by atoms with van der Waals surface area (Å²) >= 11 is 0. The molecule has 0 aromatic carbocycles. The number of aromatic nitrogens is 5. The van der Waals surface area contributed by atoms with Gasteiger partial charge in [-0.05, 0) is 38.1 Å². The minimum atomic E-state index is -4.58. The summed E-state index contributed by atoms with van der Waals surface area (Å²) in [6.45, 7) is 5.11. The predicted molar refractivity (Wildman–Crippen MR) is 109 cm³/mol. The van der Waals surface area contributed by atoms with Gasteiger partial charge in [-0.25, -0.2) is 4.98 Å². The first-order valence-corrected chi connectivity index (χ1v) is 9.18. The Morgan fingerprint density at radius 2 is 1.77 bits per heavy atom. The molecule has 0 saturated carbocycles. The fourth-order valence-electron chi connectivity index (χ4n) is 2.47. The molecule has 162 valence electrons. The van der Waals surface area contributed by atoms with Gasteiger partial charge in [0.15, 0.2) is 5.82 Å². The topological polar surface area (TPSA) is 118 Å². The molecule has 0 aliphatic rings. The molecule has 0 saturated heterocycles. The van der Waals surface area contributed by atoms with Crippen molar-refractivity contribution in [2.24, 2.45) is 0 Å². The van der Waals surface area contributed by atoms with Crippen LogP contribution in [0.3, 0.4) is 0 Å². The highest BCUT2D eigenvalue weighted by atomic mass is 19.4. The van der Waals surface area contributed by atoms with Crippen LogP contribution in [-0.4, -0.2) is 36.9 Å². The van der Waals surface area contributed by atoms with Crippen molar-refractivity contribution >= 4 is 29.3 Å². The quantitative estimate of drug-likeness (QED) is 0.537. The molecule has 1 amide bonds. The van der Waals surface area contributed by atoms with Crippen molar-refractivity contribution in [2.45, 2.75) is 33.0 Å². The number of hydrogen-bond acceptors (Lipinski definition) is 8. The van der Waals surface area contributed by atoms with Gasteiger partial charge in [-0.1, -0.05) is 6.07 Å². The van der Waals surface area contributed by atoms with Crippen LogP contribution in [0.2, 0.25) is 0 Å². The van der Waals surface area contributed by atoms with Gasteiger partial charge in [0.2, 0.25) is 17.8 Å². The van der Waals surface area contributed by atoms with E-state index in [-0.39, 0.29) is 35.4 Å². The van der Waals surface area contributed by atoms with Crippen molar-refractivity contribution in [3.8, 4) is 11.5 Å². The smallest absolute Gasteiger partial charge is 0.352 e. The summed E-state index contributed by atoms with van der Waals surface area (Å²) < 4.78 is 38.8. The lowest BCUT2D eigenvalue weighted by molar-refractivity contribution is -0.141. The van der Waals surface area contributed by atoms with Gasteiger partial charge in [-0.15, -0.1) is 0 Å². The summed E-state index contributed by atoms with van der Waals surface area (Å²) in [6.07, 6.45) is -3.54. The number of carbonyl (C=O) groups excluding carboxylic acids is 1. The van der Waals surface area contributed by atoms with Gasteiger partial charge in [0.25, 0.3) is 0 Å². The van der Waals surface area contributed by atoms with E-state index in [1.165, 1.54) is 13.0 Å². The second kappa shape index (κ2) is 8.90. The highest BCUT2D eigenvalue weighted by molar-refractivity contribution is 5.87. The molecule has 12 heteroatoms. The molecule has 0 aliphatic heterocycles. The Labute approximate surface area is 175 Å². The van der Waals surface area contributed by atoms with Crippen LogP contribution in [0.1, 0.15) is 26.5 Å². The first-order chi connectivity index (χ1) is 14.6. The second-order valence-electron chi connectivity index (χ2n) is 6.75. The SMILES string of the molecule is CC(=O)Nc1cccc(-c2nc(Nc3ccnc(C(F)(F)F)c3)nc(NC(C)C)n2)n1. The summed E-state index contributed by atoms with van der Waals surface area (Å²) in [5.74, 6) is 0.404. The first kappa shape index (κ1) is 21.9. The molecule has 0 fully saturated rings. The first-order valence-electron chi connectivity index (χ1n) is 9.18. The Kier molecular flexibility index (Phi) is 6.28. The van der Waals surface area contributed by atoms with Crippen LogP contribution in [0.15, 0.2) is 36.5 Å². The van der Waals surface area contributed by atoms with E-state index >= 15 is 0 Å². The summed E-state index contributed by atoms with van der Waals surface area (Å²) in [6, 6.07) is 7.11. The third-order valence-corrected chi connectivity index (χ3v) is 3.64. The molecule has 9 nitrogen and oxygen atoms in total. The summed E-state index contributed by atoms with van der Waals surface area (Å²) in [5, 5.41) is 8.35. The number of anilines is 4. The van der Waals surface area contributed by atoms with E-state index < -0.39 is 11.9 Å². The fraction of sp³-hybridized carbons (Fsp3) is 0.263. The van der Waals surface area contributed by atoms with E-state index in [0.717, 1.165) is 12.3 Å². The summed E-state index contributed by atoms with van der Waals surface area (Å²) in [7, 11) is 0. The van der Waals surface area contributed by atoms with Gasteiger partial charge in [0.05, 0.1) is 0 Å². The number of carbonyl (C=O) groups is 1. The predicted octanol–water partition coefficient (Wildman–Crippen LogP) is 3.87. The van der Waals surface area contributed by atoms with E-state index in [0.29, 0.717) is 11.5 Å². The molecule has 0 aliphatic carbocycles. The van der Waals surface area contributed by atoms with Crippen LogP contribution in [0.4, 0.5) is 36.6 Å². The third-order valence-electron chi connectivity index (χ3n) is 3.64. The molecule has 3 heterocycles. The Hall–Kier alpha value is -3.83. The molecular formula is C19H19F3N8O. The van der Waals surface area contributed by atoms with E-state index in [2.05, 4.69) is 40.9 Å². The van der Waals surface area contributed by atoms with E-state index in [1.54, 1.807) is 18.2 Å². The molecular weight excluding hydrogens is 413 g/mol. The minimum Gasteiger partial charge on any atom is -0.352 e. The summed E-state index contributed by atoms with van der Waals surface area (Å²) in [4.78, 5) is 31.7. The standard InChI is InChI=1S/C19H19F3N8O/c1-10(2)24-17-28-16(13-5-4-6-15(27-13)25-11(3)31)29-18(30-17)26-12-7-8-23-14(9-12)19(20,21)22/h4-10H,1-3H3,(H,25,27,31)(H2,23,24,26,28,29,30). The number of amides is 1. The zero-order valence-electron chi connectivity index (χ0n) is 16.8. The molecule has 0 unspecified atom stereocenters. The maximum absolute atomic E-state index is 12.9. The Morgan fingerprint density at radius 1 is 1.03 bits per heavy atom. The monoisotopic (exact) mass is 432 g/mol. The molecule has 3 aromatic heterocycles. The van der Waals surface area contributed by atoms with Crippen molar-refractivity contribution in [2.75, 3.05) is 16.0 Å². The van der Waals surface area contributed by atoms with Crippen molar-refractivity contribution in [3.05, 3.63) is 42.2 Å². The van der Waals surface area contributed by atoms with Gasteiger partial charge >= 0.3 is 6.18 Å². The zero-order valence-corrected chi connectivity index (χ0v) is 16.8. The molecule has 0 spiro atoms. The molecule has 0 atom stereocenters. The normalized spacial score (nSPS) is 11.3. The Bertz CT molecular complexity index is 1090. The lowest BCUT2D eigenvalue weighted by Crippen LogP contribution is -2.15. The highest BCUT2D eigenvalue weighted by Crippen LogP contribution is 2.29. The van der Waals surface area contributed by atoms with Crippen LogP contribution in [0.25, 0.3) is 11.5 Å². The van der Waals surface area contributed by atoms with Crippen LogP contribution < -0.4 is 16.0 Å². The second-order valence-corrected chi connectivity index (χ2v) is 6.75. The lowest BCUT2D eigenvalue weighted by atomic mass is 10.3. The molecule has 3 aromatic rings. The third kappa shape index (κ3) is 6.07. The molecule has 0 bridgehead atoms. The number of nitrogens with one attached hydrogen (secondary N) is 3. The number of pyridine rings is 2. The molecule has 0 radical (unpaired) electrons. The number of hydrogen-bond donors (Lipinski definition) is 3. The molecule has 31 heavy (non-hydrogen) atoms. The highest BCUT2D eigenvalue weighted by Gasteiger charge is 2.32. The molecule has 3 N–H and O–H groups in total. The maximum atomic E-state index is 12.9. The van der Waals surface area contributed by atoms with E-state index in [1.807, 2.05) is 13.8 Å². The zero-order chi connectivity index (χ0) is 22.6. The van der Waals surface area contributed by atoms with Gasteiger partial charge in [-0.2, -0.15) is 28.1 Å². The van der Waals surface area contributed by atoms with Gasteiger partial charge in [0.1, 0.15) is 17.2 Å². The summed E-state index contributed by atoms with van der Waals surface area (Å²) in [5.41, 5.74) is -0.596. The number of alkyl halides is 3. The van der Waals surface area contributed by atoms with E-state index in [4.69, 9.17) is 0 Å². The number of rotatable bonds is 6. The maximum Gasteiger partial charge on any atom is 0.433 e. The number of halogens is 3. The lowest BCUT2D eigenvalue weighted by Gasteiger charge is -2.13. The largest absolute Gasteiger partial charge is 0.433 e. The molecule has 3 rings (SSSR count). The van der Waals surface area contributed by atoms with Gasteiger partial charge in [0, 0.05) is 24.8 Å². The van der Waals surface area contributed by atoms with Crippen molar-refractivity contribution in [1.82, 2.24) is 24.9 Å². The van der Waals surface area contributed by atoms with Crippen molar-refractivity contribution in [3.63, 3.8) is 0 Å². The van der Waals surface area contributed by atoms with Crippen LogP contribution in [0, 0.1) is 0 Å². The van der Waals surface area contributed by atoms with Gasteiger partial charge < -0.3 is 16.0 Å². The van der Waals surface area contributed by atoms with Crippen LogP contribution >= 0.6 is 0 Å². The van der Waals surface area contributed by atoms with Crippen molar-refractivity contribution in [1.29, 1.82) is 0 Å². The van der Waals surface area contributed by atoms with Crippen LogP contribution in [-0.2, 0) is 11.0 Å². The van der Waals surface area contributed by atoms with Crippen molar-refractivity contribution < 1.29 is 18.0 Å². The van der Waals surface area contributed by atoms with E-state index in [9.17, 15) is 18.0 Å². The Morgan fingerprint density at radius 3 is 2.45 bits per heavy atom.